The number of aryl methyl sites for hydroxylation is 1. The van der Waals surface area contributed by atoms with Gasteiger partial charge in [0.1, 0.15) is 12.5 Å². The number of H-pyrrole nitrogens is 1. The SMILES string of the molecule is CCCCc1nc(CF)n(Cc2ccccc2)c(=O)c1Cc1ccc(-c2ccccc2-c2noc(=O)[nH]2)cc1.[K]. The first-order valence-electron chi connectivity index (χ1n) is 13.0. The van der Waals surface area contributed by atoms with Crippen LogP contribution < -0.4 is 11.3 Å². The molecule has 5 aromatic rings. The van der Waals surface area contributed by atoms with Gasteiger partial charge in [-0.15, -0.1) is 0 Å². The minimum absolute atomic E-state index is 0. The summed E-state index contributed by atoms with van der Waals surface area (Å²) in [5.41, 5.74) is 5.49. The molecule has 0 unspecified atom stereocenters. The van der Waals surface area contributed by atoms with Gasteiger partial charge < -0.3 is 0 Å². The van der Waals surface area contributed by atoms with Gasteiger partial charge in [-0.1, -0.05) is 97.4 Å². The van der Waals surface area contributed by atoms with Gasteiger partial charge >= 0.3 is 5.76 Å². The van der Waals surface area contributed by atoms with Gasteiger partial charge in [0, 0.05) is 68.9 Å². The van der Waals surface area contributed by atoms with Crippen LogP contribution in [-0.2, 0) is 26.1 Å². The summed E-state index contributed by atoms with van der Waals surface area (Å²) in [6.07, 6.45) is 2.84. The van der Waals surface area contributed by atoms with E-state index in [0.717, 1.165) is 40.7 Å². The molecule has 3 aromatic carbocycles. The van der Waals surface area contributed by atoms with E-state index in [-0.39, 0.29) is 69.3 Å². The molecule has 5 rings (SSSR count). The zero-order valence-electron chi connectivity index (χ0n) is 22.7. The number of hydrogen-bond donors (Lipinski definition) is 1. The van der Waals surface area contributed by atoms with Crippen LogP contribution in [0.2, 0.25) is 0 Å². The Balaban J connectivity index is 0.00000370. The van der Waals surface area contributed by atoms with Crippen molar-refractivity contribution >= 4 is 51.4 Å². The molecule has 40 heavy (non-hydrogen) atoms. The molecule has 0 atom stereocenters. The van der Waals surface area contributed by atoms with E-state index >= 15 is 0 Å². The van der Waals surface area contributed by atoms with E-state index in [4.69, 9.17) is 0 Å². The van der Waals surface area contributed by atoms with Gasteiger partial charge in [0.2, 0.25) is 0 Å². The first-order valence-corrected chi connectivity index (χ1v) is 13.0. The summed E-state index contributed by atoms with van der Waals surface area (Å²) in [5.74, 6) is -0.0888. The van der Waals surface area contributed by atoms with Crippen molar-refractivity contribution in [2.75, 3.05) is 0 Å². The van der Waals surface area contributed by atoms with E-state index < -0.39 is 12.4 Å². The van der Waals surface area contributed by atoms with Gasteiger partial charge in [-0.25, -0.2) is 14.2 Å². The first kappa shape index (κ1) is 30.0. The fourth-order valence-corrected chi connectivity index (χ4v) is 4.74. The number of hydrogen-bond acceptors (Lipinski definition) is 5. The summed E-state index contributed by atoms with van der Waals surface area (Å²) in [4.78, 5) is 32.5. The van der Waals surface area contributed by atoms with Crippen molar-refractivity contribution in [1.82, 2.24) is 19.7 Å². The third kappa shape index (κ3) is 6.84. The fraction of sp³-hybridized carbons (Fsp3) is 0.226. The summed E-state index contributed by atoms with van der Waals surface area (Å²) in [5, 5.41) is 3.83. The molecule has 1 radical (unpaired) electrons. The molecule has 0 fully saturated rings. The van der Waals surface area contributed by atoms with Gasteiger partial charge in [-0.05, 0) is 35.1 Å². The third-order valence-electron chi connectivity index (χ3n) is 6.77. The normalized spacial score (nSPS) is 10.8. The predicted octanol–water partition coefficient (Wildman–Crippen LogP) is 5.32. The Morgan fingerprint density at radius 2 is 1.60 bits per heavy atom. The van der Waals surface area contributed by atoms with Crippen LogP contribution >= 0.6 is 0 Å². The predicted molar refractivity (Wildman–Crippen MR) is 154 cm³/mol. The molecule has 0 amide bonds. The Bertz CT molecular complexity index is 1680. The number of aromatic amines is 1. The molecule has 1 N–H and O–H groups in total. The molecule has 0 bridgehead atoms. The van der Waals surface area contributed by atoms with Gasteiger partial charge in [-0.3, -0.25) is 18.9 Å². The number of aromatic nitrogens is 4. The van der Waals surface area contributed by atoms with Crippen LogP contribution in [-0.4, -0.2) is 71.1 Å². The Morgan fingerprint density at radius 1 is 0.900 bits per heavy atom. The van der Waals surface area contributed by atoms with Gasteiger partial charge in [0.25, 0.3) is 5.56 Å². The minimum Gasteiger partial charge on any atom is -0.296 e. The zero-order valence-corrected chi connectivity index (χ0v) is 25.8. The average molecular weight is 564 g/mol. The van der Waals surface area contributed by atoms with E-state index in [1.807, 2.05) is 78.9 Å². The van der Waals surface area contributed by atoms with Crippen LogP contribution in [0.3, 0.4) is 0 Å². The number of rotatable bonds is 10. The van der Waals surface area contributed by atoms with Crippen molar-refractivity contribution in [2.24, 2.45) is 0 Å². The number of nitrogens with zero attached hydrogens (tertiary/aromatic N) is 3. The zero-order chi connectivity index (χ0) is 27.2. The van der Waals surface area contributed by atoms with Gasteiger partial charge in [0.05, 0.1) is 12.2 Å². The van der Waals surface area contributed by atoms with E-state index in [1.54, 1.807) is 0 Å². The number of nitrogens with one attached hydrogen (secondary N) is 1. The van der Waals surface area contributed by atoms with Crippen LogP contribution in [0.5, 0.6) is 0 Å². The summed E-state index contributed by atoms with van der Waals surface area (Å²) in [7, 11) is 0. The summed E-state index contributed by atoms with van der Waals surface area (Å²) < 4.78 is 20.2. The van der Waals surface area contributed by atoms with Crippen molar-refractivity contribution in [3.8, 4) is 22.5 Å². The van der Waals surface area contributed by atoms with Crippen molar-refractivity contribution in [3.05, 3.63) is 128 Å². The number of benzene rings is 3. The molecule has 7 nitrogen and oxygen atoms in total. The van der Waals surface area contributed by atoms with E-state index in [1.165, 1.54) is 4.57 Å². The summed E-state index contributed by atoms with van der Waals surface area (Å²) in [6.45, 7) is 1.55. The maximum absolute atomic E-state index is 14.0. The molecule has 0 aliphatic carbocycles. The second kappa shape index (κ2) is 14.1. The van der Waals surface area contributed by atoms with Gasteiger partial charge in [0.15, 0.2) is 5.82 Å². The van der Waals surface area contributed by atoms with Crippen LogP contribution in [0.4, 0.5) is 4.39 Å². The monoisotopic (exact) mass is 563 g/mol. The molecular formula is C31H29FKN4O3. The second-order valence-electron chi connectivity index (χ2n) is 9.43. The average Bonchev–Trinajstić information content (AvgIpc) is 3.41. The topological polar surface area (TPSA) is 93.8 Å². The number of unbranched alkanes of at least 4 members (excludes halogenated alkanes) is 1. The number of halogens is 1. The fourth-order valence-electron chi connectivity index (χ4n) is 4.74. The molecule has 2 heterocycles. The molecular weight excluding hydrogens is 534 g/mol. The molecule has 199 valence electrons. The Morgan fingerprint density at radius 3 is 2.25 bits per heavy atom. The molecule has 0 saturated carbocycles. The molecule has 0 saturated heterocycles. The van der Waals surface area contributed by atoms with E-state index in [2.05, 4.69) is 26.6 Å². The smallest absolute Gasteiger partial charge is 0.296 e. The van der Waals surface area contributed by atoms with Crippen LogP contribution in [0.15, 0.2) is 93.0 Å². The Labute approximate surface area is 273 Å². The molecule has 9 heteroatoms. The number of alkyl halides is 1. The maximum atomic E-state index is 14.0. The molecule has 0 spiro atoms. The quantitative estimate of drug-likeness (QED) is 0.232. The van der Waals surface area contributed by atoms with E-state index in [9.17, 15) is 14.0 Å². The van der Waals surface area contributed by atoms with Crippen molar-refractivity contribution < 1.29 is 8.91 Å². The summed E-state index contributed by atoms with van der Waals surface area (Å²) >= 11 is 0. The van der Waals surface area contributed by atoms with Crippen molar-refractivity contribution in [1.29, 1.82) is 0 Å². The minimum atomic E-state index is -0.799. The largest absolute Gasteiger partial charge is 0.439 e. The molecule has 0 aliphatic heterocycles. The Hall–Kier alpha value is -2.95. The standard InChI is InChI=1S/C31H29FN4O3.K/c1-2-3-13-27-26(30(37)36(28(19-32)33-27)20-22-9-5-4-6-10-22)18-21-14-16-23(17-15-21)24-11-7-8-12-25(24)29-34-31(38)39-35-29;/h4-12,14-17H,2-3,13,18-20H2,1H3,(H,34,35,38);. The van der Waals surface area contributed by atoms with Crippen LogP contribution in [0, 0.1) is 0 Å². The molecule has 2 aromatic heterocycles. The van der Waals surface area contributed by atoms with E-state index in [0.29, 0.717) is 29.9 Å². The second-order valence-corrected chi connectivity index (χ2v) is 9.43. The van der Waals surface area contributed by atoms with Gasteiger partial charge in [-0.2, -0.15) is 0 Å². The molecule has 0 aliphatic rings. The van der Waals surface area contributed by atoms with Crippen LogP contribution in [0.1, 0.15) is 48.0 Å². The Kier molecular flexibility index (Phi) is 10.6. The third-order valence-corrected chi connectivity index (χ3v) is 6.77. The summed E-state index contributed by atoms with van der Waals surface area (Å²) in [6, 6.07) is 25.1. The maximum Gasteiger partial charge on any atom is 0.439 e. The first-order chi connectivity index (χ1) is 19.1. The van der Waals surface area contributed by atoms with Crippen LogP contribution in [0.25, 0.3) is 22.5 Å². The van der Waals surface area contributed by atoms with Crippen molar-refractivity contribution in [2.45, 2.75) is 45.8 Å². The van der Waals surface area contributed by atoms with Crippen molar-refractivity contribution in [3.63, 3.8) is 0 Å².